The molecule has 18 heavy (non-hydrogen) atoms. The Hall–Kier alpha value is -1.58. The van der Waals surface area contributed by atoms with Crippen LogP contribution >= 0.6 is 0 Å². The molecule has 0 aliphatic carbocycles. The fourth-order valence-electron chi connectivity index (χ4n) is 1.97. The highest BCUT2D eigenvalue weighted by atomic mass is 16.1. The third kappa shape index (κ3) is 4.02. The molecule has 4 nitrogen and oxygen atoms in total. The van der Waals surface area contributed by atoms with Crippen LogP contribution in [0.3, 0.4) is 0 Å². The molecule has 0 fully saturated rings. The summed E-state index contributed by atoms with van der Waals surface area (Å²) in [6, 6.07) is 1.81. The van der Waals surface area contributed by atoms with E-state index in [1.165, 1.54) is 0 Å². The van der Waals surface area contributed by atoms with Crippen LogP contribution in [0.1, 0.15) is 45.1 Å². The van der Waals surface area contributed by atoms with E-state index in [0.717, 1.165) is 31.2 Å². The van der Waals surface area contributed by atoms with E-state index >= 15 is 0 Å². The smallest absolute Gasteiger partial charge is 0.228 e. The van der Waals surface area contributed by atoms with E-state index in [9.17, 15) is 4.79 Å². The lowest BCUT2D eigenvalue weighted by molar-refractivity contribution is -0.120. The molecule has 0 saturated carbocycles. The lowest BCUT2D eigenvalue weighted by atomic mass is 9.97. The molecule has 0 aliphatic heterocycles. The van der Waals surface area contributed by atoms with E-state index in [1.54, 1.807) is 6.20 Å². The van der Waals surface area contributed by atoms with Gasteiger partial charge in [-0.25, -0.2) is 4.98 Å². The molecule has 0 bridgehead atoms. The van der Waals surface area contributed by atoms with E-state index in [0.29, 0.717) is 11.5 Å². The largest absolute Gasteiger partial charge is 0.397 e. The zero-order valence-electron chi connectivity index (χ0n) is 11.5. The Labute approximate surface area is 109 Å². The van der Waals surface area contributed by atoms with Crippen molar-refractivity contribution < 1.29 is 4.79 Å². The van der Waals surface area contributed by atoms with Gasteiger partial charge in [-0.3, -0.25) is 4.79 Å². The molecule has 0 radical (unpaired) electrons. The van der Waals surface area contributed by atoms with Gasteiger partial charge in [-0.1, -0.05) is 26.7 Å². The predicted octanol–water partition coefficient (Wildman–Crippen LogP) is 3.13. The monoisotopic (exact) mass is 249 g/mol. The summed E-state index contributed by atoms with van der Waals surface area (Å²) in [5.74, 6) is 0.735. The van der Waals surface area contributed by atoms with Crippen LogP contribution in [0.4, 0.5) is 11.5 Å². The van der Waals surface area contributed by atoms with Gasteiger partial charge in [0.2, 0.25) is 5.91 Å². The van der Waals surface area contributed by atoms with Crippen molar-refractivity contribution in [2.45, 2.75) is 46.5 Å². The predicted molar refractivity (Wildman–Crippen MR) is 75.3 cm³/mol. The lowest BCUT2D eigenvalue weighted by Crippen LogP contribution is -2.23. The van der Waals surface area contributed by atoms with Gasteiger partial charge in [-0.05, 0) is 31.4 Å². The first-order valence-electron chi connectivity index (χ1n) is 6.61. The molecule has 4 heteroatoms. The minimum Gasteiger partial charge on any atom is -0.397 e. The van der Waals surface area contributed by atoms with Gasteiger partial charge in [0, 0.05) is 5.92 Å². The number of aromatic nitrogens is 1. The number of rotatable bonds is 6. The first-order valence-corrected chi connectivity index (χ1v) is 6.61. The van der Waals surface area contributed by atoms with Crippen molar-refractivity contribution in [3.63, 3.8) is 0 Å². The van der Waals surface area contributed by atoms with Gasteiger partial charge < -0.3 is 11.1 Å². The summed E-state index contributed by atoms with van der Waals surface area (Å²) in [4.78, 5) is 16.2. The fraction of sp³-hybridized carbons (Fsp3) is 0.571. The Bertz CT molecular complexity index is 398. The van der Waals surface area contributed by atoms with Crippen molar-refractivity contribution in [1.82, 2.24) is 4.98 Å². The van der Waals surface area contributed by atoms with E-state index in [4.69, 9.17) is 5.73 Å². The number of hydrogen-bond acceptors (Lipinski definition) is 3. The fourth-order valence-corrected chi connectivity index (χ4v) is 1.97. The third-order valence-corrected chi connectivity index (χ3v) is 3.05. The highest BCUT2D eigenvalue weighted by molar-refractivity contribution is 5.91. The van der Waals surface area contributed by atoms with Gasteiger partial charge in [-0.15, -0.1) is 0 Å². The molecular weight excluding hydrogens is 226 g/mol. The molecule has 0 aliphatic rings. The van der Waals surface area contributed by atoms with Crippen molar-refractivity contribution in [2.24, 2.45) is 5.92 Å². The number of hydrogen-bond donors (Lipinski definition) is 2. The summed E-state index contributed by atoms with van der Waals surface area (Å²) in [5, 5.41) is 2.87. The van der Waals surface area contributed by atoms with E-state index in [2.05, 4.69) is 24.1 Å². The quantitative estimate of drug-likeness (QED) is 0.814. The molecule has 3 N–H and O–H groups in total. The van der Waals surface area contributed by atoms with Crippen molar-refractivity contribution in [3.05, 3.63) is 17.8 Å². The number of nitrogens with one attached hydrogen (secondary N) is 1. The second kappa shape index (κ2) is 6.99. The highest BCUT2D eigenvalue weighted by Crippen LogP contribution is 2.18. The second-order valence-electron chi connectivity index (χ2n) is 4.69. The molecule has 1 amide bonds. The number of aryl methyl sites for hydroxylation is 1. The molecule has 1 aromatic rings. The van der Waals surface area contributed by atoms with E-state index in [1.807, 2.05) is 13.0 Å². The van der Waals surface area contributed by atoms with Gasteiger partial charge in [-0.2, -0.15) is 0 Å². The van der Waals surface area contributed by atoms with Crippen molar-refractivity contribution in [1.29, 1.82) is 0 Å². The number of nitrogens with two attached hydrogens (primary N) is 1. The van der Waals surface area contributed by atoms with E-state index in [-0.39, 0.29) is 11.8 Å². The molecular formula is C14H23N3O. The Morgan fingerprint density at radius 1 is 1.39 bits per heavy atom. The number of nitrogens with zero attached hydrogens (tertiary/aromatic N) is 1. The number of carbonyl (C=O) groups is 1. The average molecular weight is 249 g/mol. The molecule has 1 aromatic heterocycles. The summed E-state index contributed by atoms with van der Waals surface area (Å²) in [7, 11) is 0. The van der Waals surface area contributed by atoms with Crippen LogP contribution in [0, 0.1) is 12.8 Å². The van der Waals surface area contributed by atoms with Gasteiger partial charge in [0.05, 0.1) is 11.9 Å². The molecule has 1 rings (SSSR count). The lowest BCUT2D eigenvalue weighted by Gasteiger charge is -2.15. The van der Waals surface area contributed by atoms with Gasteiger partial charge in [0.1, 0.15) is 5.82 Å². The van der Waals surface area contributed by atoms with Crippen molar-refractivity contribution in [2.75, 3.05) is 11.1 Å². The number of carbonyl (C=O) groups excluding carboxylic acids is 1. The summed E-state index contributed by atoms with van der Waals surface area (Å²) >= 11 is 0. The highest BCUT2D eigenvalue weighted by Gasteiger charge is 2.17. The van der Waals surface area contributed by atoms with Crippen LogP contribution in [0.15, 0.2) is 12.3 Å². The molecule has 0 atom stereocenters. The van der Waals surface area contributed by atoms with Crippen molar-refractivity contribution in [3.8, 4) is 0 Å². The molecule has 1 heterocycles. The van der Waals surface area contributed by atoms with Crippen LogP contribution in [-0.4, -0.2) is 10.9 Å². The van der Waals surface area contributed by atoms with Crippen molar-refractivity contribution >= 4 is 17.4 Å². The maximum atomic E-state index is 12.1. The third-order valence-electron chi connectivity index (χ3n) is 3.05. The minimum atomic E-state index is 0.0652. The summed E-state index contributed by atoms with van der Waals surface area (Å²) < 4.78 is 0. The standard InChI is InChI=1S/C14H23N3O/c1-4-6-11(7-5-2)14(18)17-13-8-10(3)12(15)9-16-13/h8-9,11H,4-7,15H2,1-3H3,(H,16,17,18). The minimum absolute atomic E-state index is 0.0652. The number of nitrogen functional groups attached to an aromatic ring is 1. The topological polar surface area (TPSA) is 68.0 Å². The molecule has 0 spiro atoms. The Balaban J connectivity index is 2.69. The SMILES string of the molecule is CCCC(CCC)C(=O)Nc1cc(C)c(N)cn1. The Kier molecular flexibility index (Phi) is 5.62. The van der Waals surface area contributed by atoms with Gasteiger partial charge in [0.15, 0.2) is 0 Å². The second-order valence-corrected chi connectivity index (χ2v) is 4.69. The molecule has 0 aromatic carbocycles. The zero-order valence-corrected chi connectivity index (χ0v) is 11.5. The maximum absolute atomic E-state index is 12.1. The summed E-state index contributed by atoms with van der Waals surface area (Å²) in [6.45, 7) is 6.10. The zero-order chi connectivity index (χ0) is 13.5. The van der Waals surface area contributed by atoms with Gasteiger partial charge in [0.25, 0.3) is 0 Å². The van der Waals surface area contributed by atoms with Crippen LogP contribution in [0.5, 0.6) is 0 Å². The average Bonchev–Trinajstić information content (AvgIpc) is 2.33. The molecule has 100 valence electrons. The normalized spacial score (nSPS) is 10.7. The Morgan fingerprint density at radius 3 is 2.50 bits per heavy atom. The summed E-state index contributed by atoms with van der Waals surface area (Å²) in [5.41, 5.74) is 7.28. The number of amides is 1. The number of pyridine rings is 1. The van der Waals surface area contributed by atoms with Crippen LogP contribution in [0.2, 0.25) is 0 Å². The van der Waals surface area contributed by atoms with Crippen LogP contribution in [0.25, 0.3) is 0 Å². The van der Waals surface area contributed by atoms with Gasteiger partial charge >= 0.3 is 0 Å². The number of anilines is 2. The van der Waals surface area contributed by atoms with Crippen LogP contribution in [-0.2, 0) is 4.79 Å². The van der Waals surface area contributed by atoms with Crippen LogP contribution < -0.4 is 11.1 Å². The first kappa shape index (κ1) is 14.5. The first-order chi connectivity index (χ1) is 8.58. The molecule has 0 unspecified atom stereocenters. The molecule has 0 saturated heterocycles. The van der Waals surface area contributed by atoms with E-state index < -0.39 is 0 Å². The summed E-state index contributed by atoms with van der Waals surface area (Å²) in [6.07, 6.45) is 5.47. The Morgan fingerprint density at radius 2 is 2.00 bits per heavy atom. The maximum Gasteiger partial charge on any atom is 0.228 e.